The number of nitrogens with two attached hydrogens (primary N) is 2. The Kier molecular flexibility index (Phi) is 4.96. The van der Waals surface area contributed by atoms with Crippen molar-refractivity contribution in [2.75, 3.05) is 5.32 Å². The average Bonchev–Trinajstić information content (AvgIpc) is 3.22. The summed E-state index contributed by atoms with van der Waals surface area (Å²) in [4.78, 5) is 27.6. The summed E-state index contributed by atoms with van der Waals surface area (Å²) in [5.74, 6) is 0.0334. The van der Waals surface area contributed by atoms with Crippen LogP contribution in [0.15, 0.2) is 41.2 Å². The van der Waals surface area contributed by atoms with Crippen LogP contribution in [0.25, 0.3) is 10.4 Å². The minimum Gasteiger partial charge on any atom is -0.487 e. The minimum atomic E-state index is -0.753. The second-order valence-corrected chi connectivity index (χ2v) is 6.77. The largest absolute Gasteiger partial charge is 0.487 e. The number of benzene rings is 1. The van der Waals surface area contributed by atoms with Crippen LogP contribution in [0.3, 0.4) is 0 Å². The molecule has 0 radical (unpaired) electrons. The van der Waals surface area contributed by atoms with Crippen molar-refractivity contribution in [1.29, 1.82) is 0 Å². The van der Waals surface area contributed by atoms with Crippen molar-refractivity contribution in [1.82, 2.24) is 4.98 Å². The van der Waals surface area contributed by atoms with E-state index in [1.54, 1.807) is 11.6 Å². The fraction of sp³-hybridized carbons (Fsp3) is 0.0625. The lowest BCUT2D eigenvalue weighted by Crippen LogP contribution is -2.21. The van der Waals surface area contributed by atoms with Gasteiger partial charge >= 0.3 is 6.03 Å². The van der Waals surface area contributed by atoms with E-state index >= 15 is 0 Å². The first-order valence-electron chi connectivity index (χ1n) is 7.13. The van der Waals surface area contributed by atoms with Crippen molar-refractivity contribution in [2.24, 2.45) is 11.5 Å². The van der Waals surface area contributed by atoms with Crippen molar-refractivity contribution in [3.8, 4) is 16.2 Å². The second-order valence-electron chi connectivity index (χ2n) is 5.00. The number of carbonyl (C=O) groups is 2. The Balaban J connectivity index is 1.84. The molecular formula is C16H14N4O3S2. The van der Waals surface area contributed by atoms with Crippen LogP contribution in [0.1, 0.15) is 16.1 Å². The second kappa shape index (κ2) is 7.32. The first-order valence-corrected chi connectivity index (χ1v) is 8.89. The van der Waals surface area contributed by atoms with Gasteiger partial charge in [-0.15, -0.1) is 22.7 Å². The van der Waals surface area contributed by atoms with Crippen LogP contribution >= 0.6 is 22.7 Å². The fourth-order valence-electron chi connectivity index (χ4n) is 2.13. The van der Waals surface area contributed by atoms with Gasteiger partial charge in [0, 0.05) is 10.3 Å². The van der Waals surface area contributed by atoms with Gasteiger partial charge in [0.1, 0.15) is 17.4 Å². The molecular weight excluding hydrogens is 360 g/mol. The third-order valence-electron chi connectivity index (χ3n) is 3.22. The molecule has 0 spiro atoms. The van der Waals surface area contributed by atoms with Gasteiger partial charge in [-0.25, -0.2) is 9.78 Å². The highest BCUT2D eigenvalue weighted by Gasteiger charge is 2.16. The number of anilines is 1. The molecule has 0 fully saturated rings. The summed E-state index contributed by atoms with van der Waals surface area (Å²) in [5, 5.41) is 4.67. The molecule has 3 amide bonds. The molecule has 0 aliphatic carbocycles. The molecule has 7 nitrogen and oxygen atoms in total. The monoisotopic (exact) mass is 374 g/mol. The van der Waals surface area contributed by atoms with Crippen molar-refractivity contribution in [2.45, 2.75) is 6.61 Å². The summed E-state index contributed by atoms with van der Waals surface area (Å²) < 4.78 is 5.73. The molecule has 5 N–H and O–H groups in total. The lowest BCUT2D eigenvalue weighted by atomic mass is 10.1. The average molecular weight is 374 g/mol. The van der Waals surface area contributed by atoms with E-state index in [0.29, 0.717) is 17.4 Å². The van der Waals surface area contributed by atoms with Crippen LogP contribution in [0.4, 0.5) is 9.80 Å². The van der Waals surface area contributed by atoms with Gasteiger partial charge in [0.25, 0.3) is 5.91 Å². The number of hydrogen-bond acceptors (Lipinski definition) is 6. The van der Waals surface area contributed by atoms with E-state index in [9.17, 15) is 9.59 Å². The number of urea groups is 1. The molecule has 0 bridgehead atoms. The van der Waals surface area contributed by atoms with Gasteiger partial charge in [0.15, 0.2) is 0 Å². The highest BCUT2D eigenvalue weighted by atomic mass is 32.1. The molecule has 0 aliphatic heterocycles. The van der Waals surface area contributed by atoms with Gasteiger partial charge in [0.05, 0.1) is 16.8 Å². The molecule has 2 heterocycles. The van der Waals surface area contributed by atoms with Gasteiger partial charge in [-0.05, 0) is 23.8 Å². The molecule has 0 unspecified atom stereocenters. The Labute approximate surface area is 151 Å². The predicted octanol–water partition coefficient (Wildman–Crippen LogP) is 3.04. The number of aromatic nitrogens is 1. The first-order chi connectivity index (χ1) is 12.0. The van der Waals surface area contributed by atoms with E-state index in [-0.39, 0.29) is 5.56 Å². The summed E-state index contributed by atoms with van der Waals surface area (Å²) in [6, 6.07) is 8.27. The topological polar surface area (TPSA) is 120 Å². The maximum Gasteiger partial charge on any atom is 0.317 e. The number of thiophene rings is 1. The van der Waals surface area contributed by atoms with Crippen LogP contribution in [0.5, 0.6) is 5.75 Å². The van der Waals surface area contributed by atoms with E-state index in [4.69, 9.17) is 16.2 Å². The molecule has 0 atom stereocenters. The Morgan fingerprint density at radius 2 is 2.08 bits per heavy atom. The van der Waals surface area contributed by atoms with E-state index in [0.717, 1.165) is 16.1 Å². The van der Waals surface area contributed by atoms with E-state index < -0.39 is 11.9 Å². The number of ether oxygens (including phenoxy) is 1. The first kappa shape index (κ1) is 16.9. The van der Waals surface area contributed by atoms with Crippen molar-refractivity contribution < 1.29 is 14.3 Å². The third-order valence-corrected chi connectivity index (χ3v) is 4.96. The zero-order chi connectivity index (χ0) is 17.8. The quantitative estimate of drug-likeness (QED) is 0.614. The van der Waals surface area contributed by atoms with Gasteiger partial charge in [-0.1, -0.05) is 12.1 Å². The standard InChI is InChI=1S/C16H14N4O3S2/c17-14(21)12-5-13(25-15(12)20-16(18)22)9-2-1-3-11(4-9)23-6-10-7-24-8-19-10/h1-5,7-8H,6H2,(H2,17,21)(H3,18,20,22). The SMILES string of the molecule is NC(=O)Nc1sc(-c2cccc(OCc3cscn3)c2)cc1C(N)=O. The number of primary amides is 2. The number of amides is 3. The molecule has 1 aromatic carbocycles. The Hall–Kier alpha value is -2.91. The predicted molar refractivity (Wildman–Crippen MR) is 97.9 cm³/mol. The third kappa shape index (κ3) is 4.14. The zero-order valence-corrected chi connectivity index (χ0v) is 14.5. The maximum absolute atomic E-state index is 11.6. The van der Waals surface area contributed by atoms with Crippen LogP contribution in [0.2, 0.25) is 0 Å². The summed E-state index contributed by atoms with van der Waals surface area (Å²) in [5.41, 5.74) is 14.1. The Morgan fingerprint density at radius 1 is 1.24 bits per heavy atom. The lowest BCUT2D eigenvalue weighted by molar-refractivity contribution is 0.100. The molecule has 9 heteroatoms. The van der Waals surface area contributed by atoms with Gasteiger partial charge in [0.2, 0.25) is 0 Å². The molecule has 3 aromatic rings. The van der Waals surface area contributed by atoms with E-state index in [2.05, 4.69) is 10.3 Å². The van der Waals surface area contributed by atoms with Gasteiger partial charge in [-0.2, -0.15) is 0 Å². The van der Waals surface area contributed by atoms with Crippen molar-refractivity contribution >= 4 is 39.6 Å². The van der Waals surface area contributed by atoms with Crippen molar-refractivity contribution in [3.63, 3.8) is 0 Å². The molecule has 25 heavy (non-hydrogen) atoms. The lowest BCUT2D eigenvalue weighted by Gasteiger charge is -2.06. The zero-order valence-electron chi connectivity index (χ0n) is 12.9. The molecule has 128 valence electrons. The summed E-state index contributed by atoms with van der Waals surface area (Å²) in [6.07, 6.45) is 0. The molecule has 3 rings (SSSR count). The summed E-state index contributed by atoms with van der Waals surface area (Å²) in [7, 11) is 0. The highest BCUT2D eigenvalue weighted by molar-refractivity contribution is 7.20. The summed E-state index contributed by atoms with van der Waals surface area (Å²) in [6.45, 7) is 0.373. The van der Waals surface area contributed by atoms with Crippen LogP contribution in [-0.2, 0) is 6.61 Å². The molecule has 0 saturated heterocycles. The molecule has 0 saturated carbocycles. The minimum absolute atomic E-state index is 0.215. The number of nitrogens with zero attached hydrogens (tertiary/aromatic N) is 1. The number of rotatable bonds is 6. The van der Waals surface area contributed by atoms with Gasteiger partial charge < -0.3 is 16.2 Å². The summed E-state index contributed by atoms with van der Waals surface area (Å²) >= 11 is 2.72. The maximum atomic E-state index is 11.6. The Bertz CT molecular complexity index is 906. The molecule has 0 aliphatic rings. The van der Waals surface area contributed by atoms with Crippen molar-refractivity contribution in [3.05, 3.63) is 52.5 Å². The Morgan fingerprint density at radius 3 is 2.76 bits per heavy atom. The van der Waals surface area contributed by atoms with E-state index in [1.807, 2.05) is 29.6 Å². The number of nitrogens with one attached hydrogen (secondary N) is 1. The number of hydrogen-bond donors (Lipinski definition) is 3. The number of thiazole rings is 1. The van der Waals surface area contributed by atoms with Gasteiger partial charge in [-0.3, -0.25) is 10.1 Å². The fourth-order valence-corrected chi connectivity index (χ4v) is 3.73. The van der Waals surface area contributed by atoms with Crippen LogP contribution in [0, 0.1) is 0 Å². The smallest absolute Gasteiger partial charge is 0.317 e. The molecule has 2 aromatic heterocycles. The highest BCUT2D eigenvalue weighted by Crippen LogP contribution is 2.36. The van der Waals surface area contributed by atoms with Crippen LogP contribution in [-0.4, -0.2) is 16.9 Å². The van der Waals surface area contributed by atoms with E-state index in [1.165, 1.54) is 22.7 Å². The normalized spacial score (nSPS) is 10.4. The van der Waals surface area contributed by atoms with Crippen LogP contribution < -0.4 is 21.5 Å². The number of carbonyl (C=O) groups excluding carboxylic acids is 2.